The van der Waals surface area contributed by atoms with Gasteiger partial charge in [0.25, 0.3) is 0 Å². The van der Waals surface area contributed by atoms with Crippen molar-refractivity contribution in [2.45, 2.75) is 45.6 Å². The Balaban J connectivity index is 1.75. The van der Waals surface area contributed by atoms with E-state index in [0.717, 1.165) is 23.5 Å². The molecule has 1 fully saturated rings. The smallest absolute Gasteiger partial charge is 0.311 e. The zero-order valence-electron chi connectivity index (χ0n) is 16.8. The van der Waals surface area contributed by atoms with Gasteiger partial charge in [0.1, 0.15) is 0 Å². The lowest BCUT2D eigenvalue weighted by Gasteiger charge is -2.36. The van der Waals surface area contributed by atoms with E-state index in [-0.39, 0.29) is 5.54 Å². The summed E-state index contributed by atoms with van der Waals surface area (Å²) in [6.45, 7) is 7.47. The summed E-state index contributed by atoms with van der Waals surface area (Å²) in [4.78, 5) is 19.2. The number of likely N-dealkylation sites (tertiary alicyclic amines) is 1. The van der Waals surface area contributed by atoms with Gasteiger partial charge in [0.05, 0.1) is 28.3 Å². The second kappa shape index (κ2) is 7.73. The van der Waals surface area contributed by atoms with Gasteiger partial charge >= 0.3 is 5.97 Å². The summed E-state index contributed by atoms with van der Waals surface area (Å²) < 4.78 is 0. The maximum Gasteiger partial charge on any atom is 0.311 e. The fourth-order valence-electron chi connectivity index (χ4n) is 4.01. The molecule has 1 N–H and O–H groups in total. The summed E-state index contributed by atoms with van der Waals surface area (Å²) >= 11 is 0. The van der Waals surface area contributed by atoms with Gasteiger partial charge in [0.15, 0.2) is 0 Å². The number of hydrogen-bond donors (Lipinski definition) is 1. The topological polar surface area (TPSA) is 77.2 Å². The molecule has 0 bridgehead atoms. The van der Waals surface area contributed by atoms with Gasteiger partial charge in [-0.2, -0.15) is 5.26 Å². The van der Waals surface area contributed by atoms with E-state index in [2.05, 4.69) is 29.8 Å². The molecule has 0 amide bonds. The molecule has 28 heavy (non-hydrogen) atoms. The van der Waals surface area contributed by atoms with Crippen LogP contribution >= 0.6 is 0 Å². The Morgan fingerprint density at radius 2 is 2.00 bits per heavy atom. The van der Waals surface area contributed by atoms with Crippen LogP contribution in [-0.4, -0.2) is 34.0 Å². The average Bonchev–Trinajstić information content (AvgIpc) is 3.14. The van der Waals surface area contributed by atoms with Crippen LogP contribution < -0.4 is 0 Å². The Kier molecular flexibility index (Phi) is 5.53. The van der Waals surface area contributed by atoms with Crippen molar-refractivity contribution in [3.63, 3.8) is 0 Å². The first-order valence-electron chi connectivity index (χ1n) is 9.68. The van der Waals surface area contributed by atoms with E-state index in [9.17, 15) is 9.90 Å². The molecule has 5 nitrogen and oxygen atoms in total. The van der Waals surface area contributed by atoms with Crippen molar-refractivity contribution in [1.29, 1.82) is 5.26 Å². The summed E-state index contributed by atoms with van der Waals surface area (Å²) in [6.07, 6.45) is 1.91. The molecule has 1 saturated heterocycles. The van der Waals surface area contributed by atoms with E-state index in [4.69, 9.17) is 5.26 Å². The van der Waals surface area contributed by atoms with Gasteiger partial charge in [-0.1, -0.05) is 18.2 Å². The second-order valence-corrected chi connectivity index (χ2v) is 8.29. The van der Waals surface area contributed by atoms with Crippen LogP contribution in [0.1, 0.15) is 49.2 Å². The number of nitrogens with zero attached hydrogens (tertiary/aromatic N) is 3. The number of aryl methyl sites for hydroxylation is 2. The van der Waals surface area contributed by atoms with Crippen LogP contribution in [0.25, 0.3) is 0 Å². The molecule has 0 aliphatic carbocycles. The van der Waals surface area contributed by atoms with Gasteiger partial charge in [-0.15, -0.1) is 0 Å². The minimum atomic E-state index is -0.755. The average molecular weight is 377 g/mol. The molecule has 2 aromatic rings. The third kappa shape index (κ3) is 3.93. The Morgan fingerprint density at radius 1 is 1.29 bits per heavy atom. The number of carboxylic acids is 1. The molecule has 1 aliphatic rings. The number of nitriles is 1. The molecular formula is C23H27N3O2. The molecule has 1 atom stereocenters. The first-order valence-corrected chi connectivity index (χ1v) is 9.68. The molecule has 5 heteroatoms. The maximum atomic E-state index is 12.2. The van der Waals surface area contributed by atoms with Crippen molar-refractivity contribution < 1.29 is 9.90 Å². The first-order chi connectivity index (χ1) is 13.3. The summed E-state index contributed by atoms with van der Waals surface area (Å²) in [5.74, 6) is -0.725. The van der Waals surface area contributed by atoms with Crippen LogP contribution in [0.4, 0.5) is 0 Å². The van der Waals surface area contributed by atoms with Gasteiger partial charge in [-0.3, -0.25) is 14.7 Å². The lowest BCUT2D eigenvalue weighted by molar-refractivity contribution is -0.148. The molecule has 1 aromatic carbocycles. The van der Waals surface area contributed by atoms with Gasteiger partial charge in [-0.05, 0) is 69.9 Å². The van der Waals surface area contributed by atoms with Crippen molar-refractivity contribution in [2.24, 2.45) is 5.41 Å². The Hall–Kier alpha value is -2.71. The first kappa shape index (κ1) is 20.0. The summed E-state index contributed by atoms with van der Waals surface area (Å²) in [5.41, 5.74) is 2.55. The van der Waals surface area contributed by atoms with Crippen molar-refractivity contribution in [3.05, 3.63) is 65.0 Å². The van der Waals surface area contributed by atoms with Crippen LogP contribution in [0.15, 0.2) is 42.5 Å². The van der Waals surface area contributed by atoms with Crippen LogP contribution in [-0.2, 0) is 16.8 Å². The highest BCUT2D eigenvalue weighted by atomic mass is 16.4. The lowest BCUT2D eigenvalue weighted by atomic mass is 9.81. The molecule has 0 radical (unpaired) electrons. The Morgan fingerprint density at radius 3 is 2.61 bits per heavy atom. The number of carboxylic acid groups (broad SMARTS) is 1. The van der Waals surface area contributed by atoms with Gasteiger partial charge in [-0.25, -0.2) is 0 Å². The minimum absolute atomic E-state index is 0.322. The maximum absolute atomic E-state index is 12.2. The fourth-order valence-corrected chi connectivity index (χ4v) is 4.01. The van der Waals surface area contributed by atoms with E-state index in [1.54, 1.807) is 12.1 Å². The predicted molar refractivity (Wildman–Crippen MR) is 108 cm³/mol. The van der Waals surface area contributed by atoms with E-state index < -0.39 is 11.4 Å². The summed E-state index contributed by atoms with van der Waals surface area (Å²) in [5, 5.41) is 19.0. The number of hydrogen-bond acceptors (Lipinski definition) is 4. The highest BCUT2D eigenvalue weighted by Crippen LogP contribution is 2.41. The highest BCUT2D eigenvalue weighted by molar-refractivity contribution is 5.75. The number of pyridine rings is 1. The number of benzene rings is 1. The fraction of sp³-hybridized carbons (Fsp3) is 0.435. The molecule has 0 unspecified atom stereocenters. The SMILES string of the molecule is Cc1cccc(C(C)(C)N2CC[C@@](CCc3ccc(C#N)cc3)(C(=O)O)C2)n1. The van der Waals surface area contributed by atoms with Gasteiger partial charge in [0.2, 0.25) is 0 Å². The third-order valence-electron chi connectivity index (χ3n) is 6.09. The normalized spacial score (nSPS) is 20.1. The zero-order chi connectivity index (χ0) is 20.4. The predicted octanol–water partition coefficient (Wildman–Crippen LogP) is 3.91. The zero-order valence-corrected chi connectivity index (χ0v) is 16.8. The largest absolute Gasteiger partial charge is 0.481 e. The molecule has 146 valence electrons. The second-order valence-electron chi connectivity index (χ2n) is 8.29. The highest BCUT2D eigenvalue weighted by Gasteiger charge is 2.48. The minimum Gasteiger partial charge on any atom is -0.481 e. The standard InChI is InChI=1S/C23H27N3O2/c1-17-5-4-6-20(25-17)22(2,3)26-14-13-23(16-26,21(27)28)12-11-18-7-9-19(15-24)10-8-18/h4-10H,11-14,16H2,1-3H3,(H,27,28)/t23-/m1/s1. The van der Waals surface area contributed by atoms with E-state index in [1.165, 1.54) is 0 Å². The van der Waals surface area contributed by atoms with Crippen molar-refractivity contribution >= 4 is 5.97 Å². The van der Waals surface area contributed by atoms with E-state index >= 15 is 0 Å². The summed E-state index contributed by atoms with van der Waals surface area (Å²) in [7, 11) is 0. The van der Waals surface area contributed by atoms with E-state index in [0.29, 0.717) is 31.4 Å². The molecular weight excluding hydrogens is 350 g/mol. The number of rotatable bonds is 6. The Labute approximate surface area is 166 Å². The monoisotopic (exact) mass is 377 g/mol. The van der Waals surface area contributed by atoms with Crippen molar-refractivity contribution in [2.75, 3.05) is 13.1 Å². The number of aromatic nitrogens is 1. The third-order valence-corrected chi connectivity index (χ3v) is 6.09. The molecule has 0 saturated carbocycles. The molecule has 3 rings (SSSR count). The number of aliphatic carboxylic acids is 1. The van der Waals surface area contributed by atoms with Crippen molar-refractivity contribution in [1.82, 2.24) is 9.88 Å². The van der Waals surface area contributed by atoms with Crippen LogP contribution in [0.3, 0.4) is 0 Å². The Bertz CT molecular complexity index is 899. The quantitative estimate of drug-likeness (QED) is 0.826. The van der Waals surface area contributed by atoms with Gasteiger partial charge in [0, 0.05) is 18.8 Å². The van der Waals surface area contributed by atoms with Crippen LogP contribution in [0, 0.1) is 23.7 Å². The summed E-state index contributed by atoms with van der Waals surface area (Å²) in [6, 6.07) is 15.5. The molecule has 1 aliphatic heterocycles. The van der Waals surface area contributed by atoms with Gasteiger partial charge < -0.3 is 5.11 Å². The van der Waals surface area contributed by atoms with Crippen LogP contribution in [0.2, 0.25) is 0 Å². The van der Waals surface area contributed by atoms with Crippen molar-refractivity contribution in [3.8, 4) is 6.07 Å². The molecule has 2 heterocycles. The van der Waals surface area contributed by atoms with E-state index in [1.807, 2.05) is 37.3 Å². The lowest BCUT2D eigenvalue weighted by Crippen LogP contribution is -2.43. The number of carbonyl (C=O) groups is 1. The molecule has 0 spiro atoms. The molecule has 1 aromatic heterocycles. The van der Waals surface area contributed by atoms with Crippen LogP contribution in [0.5, 0.6) is 0 Å².